The number of aryl methyl sites for hydroxylation is 1. The largest absolute Gasteiger partial charge is 0.462 e. The van der Waals surface area contributed by atoms with Gasteiger partial charge < -0.3 is 14.8 Å². The van der Waals surface area contributed by atoms with Crippen molar-refractivity contribution in [1.82, 2.24) is 0 Å². The standard InChI is InChI=1S/C15H16F3NO2/c16-15(17,18)8-7-11-3-1-2-4-14(11)19-9-12-5-6-13(10-20)21-12/h1-6,19-20H,7-10H2. The number of halogens is 3. The van der Waals surface area contributed by atoms with Crippen LogP contribution in [-0.2, 0) is 19.6 Å². The maximum absolute atomic E-state index is 12.3. The van der Waals surface area contributed by atoms with Gasteiger partial charge in [0.2, 0.25) is 0 Å². The van der Waals surface area contributed by atoms with E-state index in [4.69, 9.17) is 9.52 Å². The number of aliphatic hydroxyl groups is 1. The van der Waals surface area contributed by atoms with E-state index in [1.165, 1.54) is 0 Å². The maximum Gasteiger partial charge on any atom is 0.389 e. The van der Waals surface area contributed by atoms with Crippen LogP contribution in [-0.4, -0.2) is 11.3 Å². The molecule has 0 unspecified atom stereocenters. The quantitative estimate of drug-likeness (QED) is 0.851. The van der Waals surface area contributed by atoms with Gasteiger partial charge in [-0.1, -0.05) is 18.2 Å². The highest BCUT2D eigenvalue weighted by atomic mass is 19.4. The Kier molecular flexibility index (Phi) is 4.90. The van der Waals surface area contributed by atoms with Gasteiger partial charge in [0.1, 0.15) is 18.1 Å². The molecule has 2 aromatic rings. The average Bonchev–Trinajstić information content (AvgIpc) is 2.91. The Labute approximate surface area is 120 Å². The molecule has 0 fully saturated rings. The molecule has 0 radical (unpaired) electrons. The molecule has 1 aromatic heterocycles. The number of rotatable bonds is 6. The highest BCUT2D eigenvalue weighted by Gasteiger charge is 2.26. The van der Waals surface area contributed by atoms with E-state index in [1.807, 2.05) is 0 Å². The number of aliphatic hydroxyl groups excluding tert-OH is 1. The third-order valence-corrected chi connectivity index (χ3v) is 3.02. The number of hydrogen-bond donors (Lipinski definition) is 2. The lowest BCUT2D eigenvalue weighted by molar-refractivity contribution is -0.133. The van der Waals surface area contributed by atoms with Gasteiger partial charge in [0.05, 0.1) is 6.54 Å². The first kappa shape index (κ1) is 15.4. The first-order chi connectivity index (χ1) is 9.98. The van der Waals surface area contributed by atoms with E-state index in [-0.39, 0.29) is 13.0 Å². The van der Waals surface area contributed by atoms with Gasteiger partial charge in [-0.3, -0.25) is 0 Å². The molecule has 114 valence electrons. The lowest BCUT2D eigenvalue weighted by Gasteiger charge is -2.12. The van der Waals surface area contributed by atoms with Gasteiger partial charge in [0, 0.05) is 12.1 Å². The van der Waals surface area contributed by atoms with Gasteiger partial charge in [0.15, 0.2) is 0 Å². The summed E-state index contributed by atoms with van der Waals surface area (Å²) in [6.45, 7) is 0.172. The zero-order valence-corrected chi connectivity index (χ0v) is 11.3. The molecule has 2 N–H and O–H groups in total. The van der Waals surface area contributed by atoms with E-state index >= 15 is 0 Å². The van der Waals surface area contributed by atoms with E-state index in [1.54, 1.807) is 36.4 Å². The Bertz CT molecular complexity index is 578. The fraction of sp³-hybridized carbons (Fsp3) is 0.333. The SMILES string of the molecule is OCc1ccc(CNc2ccccc2CCC(F)(F)F)o1. The molecular weight excluding hydrogens is 283 g/mol. The van der Waals surface area contributed by atoms with Crippen LogP contribution in [0.15, 0.2) is 40.8 Å². The van der Waals surface area contributed by atoms with Crippen molar-refractivity contribution in [2.24, 2.45) is 0 Å². The fourth-order valence-electron chi connectivity index (χ4n) is 1.97. The summed E-state index contributed by atoms with van der Waals surface area (Å²) < 4.78 is 42.2. The van der Waals surface area contributed by atoms with Crippen molar-refractivity contribution >= 4 is 5.69 Å². The minimum atomic E-state index is -4.16. The second-order valence-electron chi connectivity index (χ2n) is 4.65. The lowest BCUT2D eigenvalue weighted by Crippen LogP contribution is -2.10. The van der Waals surface area contributed by atoms with Crippen molar-refractivity contribution in [3.8, 4) is 0 Å². The highest BCUT2D eigenvalue weighted by Crippen LogP contribution is 2.25. The summed E-state index contributed by atoms with van der Waals surface area (Å²) in [5.74, 6) is 1.07. The summed E-state index contributed by atoms with van der Waals surface area (Å²) in [7, 11) is 0. The molecule has 2 rings (SSSR count). The molecule has 0 saturated heterocycles. The van der Waals surface area contributed by atoms with Crippen molar-refractivity contribution in [3.63, 3.8) is 0 Å². The molecule has 1 heterocycles. The van der Waals surface area contributed by atoms with E-state index in [2.05, 4.69) is 5.32 Å². The zero-order chi connectivity index (χ0) is 15.3. The van der Waals surface area contributed by atoms with Crippen LogP contribution in [0.5, 0.6) is 0 Å². The first-order valence-corrected chi connectivity index (χ1v) is 6.55. The zero-order valence-electron chi connectivity index (χ0n) is 11.3. The Morgan fingerprint density at radius 1 is 1.05 bits per heavy atom. The smallest absolute Gasteiger partial charge is 0.389 e. The number of nitrogens with one attached hydrogen (secondary N) is 1. The van der Waals surface area contributed by atoms with Gasteiger partial charge in [0.25, 0.3) is 0 Å². The summed E-state index contributed by atoms with van der Waals surface area (Å²) in [4.78, 5) is 0. The van der Waals surface area contributed by atoms with E-state index < -0.39 is 12.6 Å². The number of furan rings is 1. The normalized spacial score (nSPS) is 11.6. The van der Waals surface area contributed by atoms with Crippen LogP contribution >= 0.6 is 0 Å². The number of benzene rings is 1. The van der Waals surface area contributed by atoms with E-state index in [0.29, 0.717) is 29.3 Å². The predicted octanol–water partition coefficient (Wildman–Crippen LogP) is 3.88. The topological polar surface area (TPSA) is 45.4 Å². The Hall–Kier alpha value is -1.95. The van der Waals surface area contributed by atoms with Crippen LogP contribution in [0, 0.1) is 0 Å². The minimum absolute atomic E-state index is 0.0628. The maximum atomic E-state index is 12.3. The number of alkyl halides is 3. The van der Waals surface area contributed by atoms with Crippen molar-refractivity contribution < 1.29 is 22.7 Å². The van der Waals surface area contributed by atoms with Crippen LogP contribution in [0.3, 0.4) is 0 Å². The van der Waals surface area contributed by atoms with Crippen LogP contribution in [0.25, 0.3) is 0 Å². The highest BCUT2D eigenvalue weighted by molar-refractivity contribution is 5.51. The average molecular weight is 299 g/mol. The Morgan fingerprint density at radius 2 is 1.76 bits per heavy atom. The Morgan fingerprint density at radius 3 is 2.43 bits per heavy atom. The van der Waals surface area contributed by atoms with Crippen molar-refractivity contribution in [2.45, 2.75) is 32.2 Å². The lowest BCUT2D eigenvalue weighted by atomic mass is 10.1. The summed E-state index contributed by atoms with van der Waals surface area (Å²) in [5.41, 5.74) is 1.27. The third-order valence-electron chi connectivity index (χ3n) is 3.02. The molecule has 0 saturated carbocycles. The van der Waals surface area contributed by atoms with Crippen LogP contribution < -0.4 is 5.32 Å². The van der Waals surface area contributed by atoms with Gasteiger partial charge in [-0.25, -0.2) is 0 Å². The van der Waals surface area contributed by atoms with Gasteiger partial charge in [-0.2, -0.15) is 13.2 Å². The van der Waals surface area contributed by atoms with Gasteiger partial charge in [-0.05, 0) is 30.2 Å². The number of anilines is 1. The molecule has 0 bridgehead atoms. The molecule has 1 aromatic carbocycles. The number of para-hydroxylation sites is 1. The molecule has 0 spiro atoms. The molecule has 0 atom stereocenters. The molecular formula is C15H16F3NO2. The number of hydrogen-bond acceptors (Lipinski definition) is 3. The van der Waals surface area contributed by atoms with Crippen LogP contribution in [0.1, 0.15) is 23.5 Å². The molecule has 0 amide bonds. The monoisotopic (exact) mass is 299 g/mol. The van der Waals surface area contributed by atoms with Crippen molar-refractivity contribution in [2.75, 3.05) is 5.32 Å². The Balaban J connectivity index is 1.99. The summed E-state index contributed by atoms with van der Waals surface area (Å²) in [6, 6.07) is 10.3. The minimum Gasteiger partial charge on any atom is -0.462 e. The molecule has 6 heteroatoms. The summed E-state index contributed by atoms with van der Waals surface area (Å²) >= 11 is 0. The fourth-order valence-corrected chi connectivity index (χ4v) is 1.97. The van der Waals surface area contributed by atoms with Gasteiger partial charge >= 0.3 is 6.18 Å². The third kappa shape index (κ3) is 4.82. The summed E-state index contributed by atoms with van der Waals surface area (Å²) in [6.07, 6.45) is -5.07. The summed E-state index contributed by atoms with van der Waals surface area (Å²) in [5, 5.41) is 12.0. The molecule has 0 aliphatic carbocycles. The van der Waals surface area contributed by atoms with Gasteiger partial charge in [-0.15, -0.1) is 0 Å². The first-order valence-electron chi connectivity index (χ1n) is 6.55. The molecule has 0 aliphatic rings. The molecule has 3 nitrogen and oxygen atoms in total. The van der Waals surface area contributed by atoms with Crippen molar-refractivity contribution in [3.05, 3.63) is 53.5 Å². The van der Waals surface area contributed by atoms with E-state index in [0.717, 1.165) is 0 Å². The second kappa shape index (κ2) is 6.67. The molecule has 0 aliphatic heterocycles. The van der Waals surface area contributed by atoms with Crippen molar-refractivity contribution in [1.29, 1.82) is 0 Å². The second-order valence-corrected chi connectivity index (χ2v) is 4.65. The van der Waals surface area contributed by atoms with E-state index in [9.17, 15) is 13.2 Å². The molecule has 21 heavy (non-hydrogen) atoms. The van der Waals surface area contributed by atoms with Crippen LogP contribution in [0.2, 0.25) is 0 Å². The van der Waals surface area contributed by atoms with Crippen LogP contribution in [0.4, 0.5) is 18.9 Å². The predicted molar refractivity (Wildman–Crippen MR) is 72.8 cm³/mol.